The standard InChI is InChI=1S/C13H17ClN2O2/c1-4-18-13(17)12(14)16-15-11-7-5-10(6-8-11)9(2)3/h5-9,15H,4H2,1-3H3. The van der Waals surface area contributed by atoms with Crippen LogP contribution in [0.4, 0.5) is 5.69 Å². The maximum atomic E-state index is 11.2. The highest BCUT2D eigenvalue weighted by Gasteiger charge is 2.08. The van der Waals surface area contributed by atoms with Gasteiger partial charge in [0.05, 0.1) is 12.3 Å². The largest absolute Gasteiger partial charge is 0.461 e. The van der Waals surface area contributed by atoms with Gasteiger partial charge in [-0.15, -0.1) is 0 Å². The molecule has 0 aromatic heterocycles. The molecule has 0 amide bonds. The van der Waals surface area contributed by atoms with Crippen molar-refractivity contribution in [3.8, 4) is 0 Å². The van der Waals surface area contributed by atoms with Crippen LogP contribution in [0.3, 0.4) is 0 Å². The lowest BCUT2D eigenvalue weighted by Crippen LogP contribution is -2.13. The Morgan fingerprint density at radius 1 is 1.39 bits per heavy atom. The second kappa shape index (κ2) is 7.01. The van der Waals surface area contributed by atoms with Crippen LogP contribution in [-0.4, -0.2) is 17.7 Å². The van der Waals surface area contributed by atoms with Crippen molar-refractivity contribution in [1.29, 1.82) is 0 Å². The van der Waals surface area contributed by atoms with E-state index in [1.54, 1.807) is 6.92 Å². The van der Waals surface area contributed by atoms with Crippen LogP contribution in [0.5, 0.6) is 0 Å². The number of rotatable bonds is 5. The van der Waals surface area contributed by atoms with E-state index in [9.17, 15) is 4.79 Å². The SMILES string of the molecule is CCOC(=O)C(Cl)=NNc1ccc(C(C)C)cc1. The number of nitrogens with zero attached hydrogens (tertiary/aromatic N) is 1. The van der Waals surface area contributed by atoms with Crippen molar-refractivity contribution in [3.05, 3.63) is 29.8 Å². The van der Waals surface area contributed by atoms with Gasteiger partial charge in [0.2, 0.25) is 5.17 Å². The Hall–Kier alpha value is -1.55. The minimum Gasteiger partial charge on any atom is -0.461 e. The van der Waals surface area contributed by atoms with E-state index < -0.39 is 5.97 Å². The van der Waals surface area contributed by atoms with E-state index in [2.05, 4.69) is 24.4 Å². The molecule has 0 spiro atoms. The number of nitrogens with one attached hydrogen (secondary N) is 1. The summed E-state index contributed by atoms with van der Waals surface area (Å²) in [6.07, 6.45) is 0. The summed E-state index contributed by atoms with van der Waals surface area (Å²) in [4.78, 5) is 11.2. The average Bonchev–Trinajstić information content (AvgIpc) is 2.36. The van der Waals surface area contributed by atoms with E-state index >= 15 is 0 Å². The van der Waals surface area contributed by atoms with Crippen molar-refractivity contribution in [1.82, 2.24) is 0 Å². The van der Waals surface area contributed by atoms with Crippen LogP contribution in [0, 0.1) is 0 Å². The van der Waals surface area contributed by atoms with E-state index in [1.807, 2.05) is 24.3 Å². The smallest absolute Gasteiger partial charge is 0.370 e. The molecule has 1 aromatic carbocycles. The first-order valence-electron chi connectivity index (χ1n) is 5.80. The van der Waals surface area contributed by atoms with Crippen LogP contribution in [0.1, 0.15) is 32.3 Å². The summed E-state index contributed by atoms with van der Waals surface area (Å²) in [6, 6.07) is 7.77. The number of halogens is 1. The number of hydrogen-bond donors (Lipinski definition) is 1. The summed E-state index contributed by atoms with van der Waals surface area (Å²) in [5, 5.41) is 3.53. The van der Waals surface area contributed by atoms with Crippen molar-refractivity contribution in [3.63, 3.8) is 0 Å². The molecule has 0 radical (unpaired) electrons. The van der Waals surface area contributed by atoms with Gasteiger partial charge in [0.15, 0.2) is 0 Å². The third-order valence-electron chi connectivity index (χ3n) is 2.30. The molecule has 98 valence electrons. The number of carbonyl (C=O) groups is 1. The number of anilines is 1. The molecule has 4 nitrogen and oxygen atoms in total. The number of esters is 1. The van der Waals surface area contributed by atoms with E-state index in [0.717, 1.165) is 5.69 Å². The Bertz CT molecular complexity index is 427. The third-order valence-corrected chi connectivity index (χ3v) is 2.54. The van der Waals surface area contributed by atoms with Crippen LogP contribution in [0.2, 0.25) is 0 Å². The van der Waals surface area contributed by atoms with Gasteiger partial charge in [-0.2, -0.15) is 5.10 Å². The molecular weight excluding hydrogens is 252 g/mol. The maximum Gasteiger partial charge on any atom is 0.370 e. The van der Waals surface area contributed by atoms with E-state index in [4.69, 9.17) is 16.3 Å². The number of hydrogen-bond acceptors (Lipinski definition) is 4. The fourth-order valence-electron chi connectivity index (χ4n) is 1.29. The van der Waals surface area contributed by atoms with Gasteiger partial charge in [0.1, 0.15) is 0 Å². The fourth-order valence-corrected chi connectivity index (χ4v) is 1.39. The zero-order valence-electron chi connectivity index (χ0n) is 10.7. The van der Waals surface area contributed by atoms with E-state index in [1.165, 1.54) is 5.56 Å². The highest BCUT2D eigenvalue weighted by molar-refractivity contribution is 6.82. The average molecular weight is 269 g/mol. The molecule has 0 fully saturated rings. The second-order valence-corrected chi connectivity index (χ2v) is 4.37. The van der Waals surface area contributed by atoms with Crippen molar-refractivity contribution in [2.75, 3.05) is 12.0 Å². The lowest BCUT2D eigenvalue weighted by Gasteiger charge is -2.06. The third kappa shape index (κ3) is 4.37. The Kier molecular flexibility index (Phi) is 5.65. The molecule has 0 unspecified atom stereocenters. The Balaban J connectivity index is 2.63. The molecule has 0 aliphatic heterocycles. The highest BCUT2D eigenvalue weighted by atomic mass is 35.5. The molecule has 1 aromatic rings. The Morgan fingerprint density at radius 3 is 2.50 bits per heavy atom. The van der Waals surface area contributed by atoms with Gasteiger partial charge in [-0.05, 0) is 30.5 Å². The number of carbonyl (C=O) groups excluding carboxylic acids is 1. The maximum absolute atomic E-state index is 11.2. The van der Waals surface area contributed by atoms with Crippen LogP contribution >= 0.6 is 11.6 Å². The van der Waals surface area contributed by atoms with Gasteiger partial charge in [-0.25, -0.2) is 4.79 Å². The molecule has 0 bridgehead atoms. The molecule has 0 heterocycles. The second-order valence-electron chi connectivity index (χ2n) is 4.01. The van der Waals surface area contributed by atoms with Crippen LogP contribution in [-0.2, 0) is 9.53 Å². The van der Waals surface area contributed by atoms with Gasteiger partial charge < -0.3 is 4.74 Å². The quantitative estimate of drug-likeness (QED) is 0.506. The topological polar surface area (TPSA) is 50.7 Å². The molecule has 1 rings (SSSR count). The molecule has 18 heavy (non-hydrogen) atoms. The summed E-state index contributed by atoms with van der Waals surface area (Å²) >= 11 is 5.65. The predicted octanol–water partition coefficient (Wildman–Crippen LogP) is 3.34. The first kappa shape index (κ1) is 14.5. The minimum absolute atomic E-state index is 0.218. The predicted molar refractivity (Wildman–Crippen MR) is 74.1 cm³/mol. The normalized spacial score (nSPS) is 11.5. The number of hydrazone groups is 1. The molecule has 0 aliphatic rings. The summed E-state index contributed by atoms with van der Waals surface area (Å²) < 4.78 is 4.70. The van der Waals surface area contributed by atoms with Crippen LogP contribution in [0.25, 0.3) is 0 Å². The van der Waals surface area contributed by atoms with Crippen LogP contribution < -0.4 is 5.43 Å². The van der Waals surface area contributed by atoms with E-state index in [0.29, 0.717) is 5.92 Å². The summed E-state index contributed by atoms with van der Waals surface area (Å²) in [6.45, 7) is 6.23. The summed E-state index contributed by atoms with van der Waals surface area (Å²) in [5.41, 5.74) is 4.71. The van der Waals surface area contributed by atoms with Gasteiger partial charge in [-0.3, -0.25) is 5.43 Å². The zero-order valence-corrected chi connectivity index (χ0v) is 11.5. The lowest BCUT2D eigenvalue weighted by atomic mass is 10.0. The van der Waals surface area contributed by atoms with Gasteiger partial charge >= 0.3 is 5.97 Å². The zero-order chi connectivity index (χ0) is 13.5. The summed E-state index contributed by atoms with van der Waals surface area (Å²) in [7, 11) is 0. The molecule has 5 heteroatoms. The van der Waals surface area contributed by atoms with Gasteiger partial charge in [-0.1, -0.05) is 37.6 Å². The monoisotopic (exact) mass is 268 g/mol. The van der Waals surface area contributed by atoms with E-state index in [-0.39, 0.29) is 11.8 Å². The van der Waals surface area contributed by atoms with Crippen molar-refractivity contribution in [2.24, 2.45) is 5.10 Å². The molecule has 0 saturated carbocycles. The van der Waals surface area contributed by atoms with Crippen molar-refractivity contribution >= 4 is 28.4 Å². The Morgan fingerprint density at radius 2 is 2.00 bits per heavy atom. The molecule has 0 saturated heterocycles. The molecule has 1 N–H and O–H groups in total. The van der Waals surface area contributed by atoms with Crippen molar-refractivity contribution < 1.29 is 9.53 Å². The lowest BCUT2D eigenvalue weighted by molar-refractivity contribution is -0.134. The number of benzene rings is 1. The minimum atomic E-state index is -0.634. The molecular formula is C13H17ClN2O2. The van der Waals surface area contributed by atoms with Crippen LogP contribution in [0.15, 0.2) is 29.4 Å². The molecule has 0 aliphatic carbocycles. The van der Waals surface area contributed by atoms with Crippen molar-refractivity contribution in [2.45, 2.75) is 26.7 Å². The highest BCUT2D eigenvalue weighted by Crippen LogP contribution is 2.17. The van der Waals surface area contributed by atoms with Gasteiger partial charge in [0, 0.05) is 0 Å². The first-order valence-corrected chi connectivity index (χ1v) is 6.18. The van der Waals surface area contributed by atoms with Gasteiger partial charge in [0.25, 0.3) is 0 Å². The fraction of sp³-hybridized carbons (Fsp3) is 0.385. The Labute approximate surface area is 112 Å². The molecule has 0 atom stereocenters. The summed E-state index contributed by atoms with van der Waals surface area (Å²) in [5.74, 6) is -0.156. The first-order chi connectivity index (χ1) is 8.54. The number of ether oxygens (including phenoxy) is 1.